The Hall–Kier alpha value is -2.98. The SMILES string of the molecule is Fc1cc(F)cc(-c2ccc3cccc(Nc4ccccc4Cl)c3n2)c1. The summed E-state index contributed by atoms with van der Waals surface area (Å²) in [6.07, 6.45) is 0. The molecule has 5 heteroatoms. The highest BCUT2D eigenvalue weighted by Crippen LogP contribution is 2.31. The van der Waals surface area contributed by atoms with E-state index >= 15 is 0 Å². The number of para-hydroxylation sites is 2. The highest BCUT2D eigenvalue weighted by Gasteiger charge is 2.09. The van der Waals surface area contributed by atoms with E-state index < -0.39 is 11.6 Å². The van der Waals surface area contributed by atoms with E-state index in [1.165, 1.54) is 12.1 Å². The molecule has 128 valence electrons. The van der Waals surface area contributed by atoms with Crippen LogP contribution >= 0.6 is 11.6 Å². The van der Waals surface area contributed by atoms with Crippen molar-refractivity contribution in [2.45, 2.75) is 0 Å². The van der Waals surface area contributed by atoms with Crippen LogP contribution in [0.3, 0.4) is 0 Å². The molecular formula is C21H13ClF2N2. The van der Waals surface area contributed by atoms with Crippen LogP contribution in [0.5, 0.6) is 0 Å². The maximum absolute atomic E-state index is 13.5. The smallest absolute Gasteiger partial charge is 0.126 e. The number of fused-ring (bicyclic) bond motifs is 1. The Labute approximate surface area is 154 Å². The molecule has 0 atom stereocenters. The van der Waals surface area contributed by atoms with Gasteiger partial charge in [0.25, 0.3) is 0 Å². The molecule has 0 spiro atoms. The summed E-state index contributed by atoms with van der Waals surface area (Å²) in [5, 5.41) is 4.77. The van der Waals surface area contributed by atoms with E-state index in [-0.39, 0.29) is 0 Å². The molecule has 1 heterocycles. The van der Waals surface area contributed by atoms with Crippen molar-refractivity contribution in [3.05, 3.63) is 89.5 Å². The van der Waals surface area contributed by atoms with Crippen LogP contribution in [-0.2, 0) is 0 Å². The van der Waals surface area contributed by atoms with Gasteiger partial charge in [0.2, 0.25) is 0 Å². The fraction of sp³-hybridized carbons (Fsp3) is 0. The summed E-state index contributed by atoms with van der Waals surface area (Å²) < 4.78 is 27.1. The number of aromatic nitrogens is 1. The van der Waals surface area contributed by atoms with Gasteiger partial charge in [-0.05, 0) is 36.4 Å². The van der Waals surface area contributed by atoms with Gasteiger partial charge in [-0.25, -0.2) is 13.8 Å². The largest absolute Gasteiger partial charge is 0.353 e. The number of hydrogen-bond donors (Lipinski definition) is 1. The van der Waals surface area contributed by atoms with E-state index in [0.29, 0.717) is 21.8 Å². The molecule has 2 nitrogen and oxygen atoms in total. The van der Waals surface area contributed by atoms with Crippen LogP contribution in [0.4, 0.5) is 20.2 Å². The maximum Gasteiger partial charge on any atom is 0.126 e. The average molecular weight is 367 g/mol. The van der Waals surface area contributed by atoms with Gasteiger partial charge < -0.3 is 5.32 Å². The quantitative estimate of drug-likeness (QED) is 0.443. The predicted molar refractivity (Wildman–Crippen MR) is 102 cm³/mol. The number of nitrogens with one attached hydrogen (secondary N) is 1. The first-order valence-electron chi connectivity index (χ1n) is 7.98. The molecular weight excluding hydrogens is 354 g/mol. The molecule has 0 bridgehead atoms. The molecule has 0 aliphatic heterocycles. The van der Waals surface area contributed by atoms with Crippen LogP contribution in [0.2, 0.25) is 5.02 Å². The van der Waals surface area contributed by atoms with Crippen LogP contribution in [0.25, 0.3) is 22.2 Å². The van der Waals surface area contributed by atoms with Gasteiger partial charge in [-0.3, -0.25) is 0 Å². The number of benzene rings is 3. The lowest BCUT2D eigenvalue weighted by atomic mass is 10.1. The molecule has 1 N–H and O–H groups in total. The monoisotopic (exact) mass is 366 g/mol. The van der Waals surface area contributed by atoms with Gasteiger partial charge >= 0.3 is 0 Å². The number of halogens is 3. The molecule has 0 unspecified atom stereocenters. The molecule has 4 aromatic rings. The highest BCUT2D eigenvalue weighted by atomic mass is 35.5. The molecule has 1 aromatic heterocycles. The molecule has 26 heavy (non-hydrogen) atoms. The first-order chi connectivity index (χ1) is 12.6. The highest BCUT2D eigenvalue weighted by molar-refractivity contribution is 6.33. The zero-order chi connectivity index (χ0) is 18.1. The van der Waals surface area contributed by atoms with Gasteiger partial charge in [0, 0.05) is 17.0 Å². The van der Waals surface area contributed by atoms with Gasteiger partial charge in [-0.15, -0.1) is 0 Å². The second-order valence-electron chi connectivity index (χ2n) is 5.84. The van der Waals surface area contributed by atoms with Gasteiger partial charge in [0.1, 0.15) is 11.6 Å². The third-order valence-electron chi connectivity index (χ3n) is 4.02. The van der Waals surface area contributed by atoms with Gasteiger partial charge in [-0.1, -0.05) is 41.9 Å². The molecule has 0 aliphatic carbocycles. The van der Waals surface area contributed by atoms with Crippen molar-refractivity contribution in [3.63, 3.8) is 0 Å². The predicted octanol–water partition coefficient (Wildman–Crippen LogP) is 6.58. The average Bonchev–Trinajstić information content (AvgIpc) is 2.63. The van der Waals surface area contributed by atoms with Crippen molar-refractivity contribution in [1.82, 2.24) is 4.98 Å². The molecule has 3 aromatic carbocycles. The molecule has 0 radical (unpaired) electrons. The zero-order valence-corrected chi connectivity index (χ0v) is 14.3. The maximum atomic E-state index is 13.5. The van der Waals surface area contributed by atoms with E-state index in [1.807, 2.05) is 42.5 Å². The van der Waals surface area contributed by atoms with Crippen molar-refractivity contribution in [3.8, 4) is 11.3 Å². The Morgan fingerprint density at radius 2 is 1.50 bits per heavy atom. The van der Waals surface area contributed by atoms with Gasteiger partial charge in [0.05, 0.1) is 27.6 Å². The second-order valence-corrected chi connectivity index (χ2v) is 6.24. The summed E-state index contributed by atoms with van der Waals surface area (Å²) in [6.45, 7) is 0. The third kappa shape index (κ3) is 3.24. The molecule has 0 saturated carbocycles. The number of hydrogen-bond acceptors (Lipinski definition) is 2. The first kappa shape index (κ1) is 16.5. The Morgan fingerprint density at radius 3 is 2.27 bits per heavy atom. The van der Waals surface area contributed by atoms with Gasteiger partial charge in [0.15, 0.2) is 0 Å². The molecule has 4 rings (SSSR count). The van der Waals surface area contributed by atoms with Crippen molar-refractivity contribution in [2.75, 3.05) is 5.32 Å². The fourth-order valence-corrected chi connectivity index (χ4v) is 3.00. The normalized spacial score (nSPS) is 10.9. The van der Waals surface area contributed by atoms with E-state index in [4.69, 9.17) is 11.6 Å². The van der Waals surface area contributed by atoms with E-state index in [2.05, 4.69) is 10.3 Å². The minimum atomic E-state index is -0.635. The van der Waals surface area contributed by atoms with Crippen molar-refractivity contribution >= 4 is 33.9 Å². The molecule has 0 saturated heterocycles. The Bertz CT molecular complexity index is 1090. The Balaban J connectivity index is 1.83. The standard InChI is InChI=1S/C21H13ClF2N2/c22-17-5-1-2-6-19(17)25-20-7-3-4-13-8-9-18(26-21(13)20)14-10-15(23)12-16(24)11-14/h1-12,25H. The van der Waals surface area contributed by atoms with E-state index in [9.17, 15) is 8.78 Å². The van der Waals surface area contributed by atoms with Crippen molar-refractivity contribution < 1.29 is 8.78 Å². The van der Waals surface area contributed by atoms with Crippen molar-refractivity contribution in [2.24, 2.45) is 0 Å². The third-order valence-corrected chi connectivity index (χ3v) is 4.35. The van der Waals surface area contributed by atoms with Crippen LogP contribution in [0.1, 0.15) is 0 Å². The summed E-state index contributed by atoms with van der Waals surface area (Å²) in [5.41, 5.74) is 3.08. The summed E-state index contributed by atoms with van der Waals surface area (Å²) in [6, 6.07) is 20.1. The zero-order valence-electron chi connectivity index (χ0n) is 13.5. The number of anilines is 2. The molecule has 0 fully saturated rings. The Kier molecular flexibility index (Phi) is 4.27. The lowest BCUT2D eigenvalue weighted by molar-refractivity contribution is 0.584. The van der Waals surface area contributed by atoms with Crippen LogP contribution in [0, 0.1) is 11.6 Å². The summed E-state index contributed by atoms with van der Waals surface area (Å²) in [7, 11) is 0. The van der Waals surface area contributed by atoms with E-state index in [1.54, 1.807) is 12.1 Å². The van der Waals surface area contributed by atoms with Crippen LogP contribution in [0.15, 0.2) is 72.8 Å². The summed E-state index contributed by atoms with van der Waals surface area (Å²) in [4.78, 5) is 4.61. The van der Waals surface area contributed by atoms with Crippen LogP contribution in [-0.4, -0.2) is 4.98 Å². The minimum Gasteiger partial charge on any atom is -0.353 e. The lowest BCUT2D eigenvalue weighted by Gasteiger charge is -2.12. The fourth-order valence-electron chi connectivity index (χ4n) is 2.82. The van der Waals surface area contributed by atoms with Crippen molar-refractivity contribution in [1.29, 1.82) is 0 Å². The van der Waals surface area contributed by atoms with E-state index in [0.717, 1.165) is 22.8 Å². The topological polar surface area (TPSA) is 24.9 Å². The van der Waals surface area contributed by atoms with Gasteiger partial charge in [-0.2, -0.15) is 0 Å². The number of rotatable bonds is 3. The molecule has 0 amide bonds. The second kappa shape index (κ2) is 6.73. The summed E-state index contributed by atoms with van der Waals surface area (Å²) >= 11 is 6.22. The lowest BCUT2D eigenvalue weighted by Crippen LogP contribution is -1.95. The minimum absolute atomic E-state index is 0.386. The first-order valence-corrected chi connectivity index (χ1v) is 8.36. The number of nitrogens with zero attached hydrogens (tertiary/aromatic N) is 1. The van der Waals surface area contributed by atoms with Crippen LogP contribution < -0.4 is 5.32 Å². The Morgan fingerprint density at radius 1 is 0.769 bits per heavy atom. The summed E-state index contributed by atoms with van der Waals surface area (Å²) in [5.74, 6) is -1.27. The molecule has 0 aliphatic rings. The number of pyridine rings is 1.